The maximum atomic E-state index is 11.1. The van der Waals surface area contributed by atoms with E-state index < -0.39 is 0 Å². The predicted molar refractivity (Wildman–Crippen MR) is 47.0 cm³/mol. The highest BCUT2D eigenvalue weighted by atomic mass is 35.5. The minimum absolute atomic E-state index is 0.105. The van der Waals surface area contributed by atoms with Crippen LogP contribution in [0.3, 0.4) is 0 Å². The average Bonchev–Trinajstić information content (AvgIpc) is 2.04. The molecule has 0 aromatic heterocycles. The van der Waals surface area contributed by atoms with Gasteiger partial charge in [-0.2, -0.15) is 0 Å². The first-order valence-corrected chi connectivity index (χ1v) is 4.70. The topological polar surface area (TPSA) is 34.1 Å². The lowest BCUT2D eigenvalue weighted by Crippen LogP contribution is -2.29. The maximum Gasteiger partial charge on any atom is 0.225 e. The molecule has 0 saturated heterocycles. The molecule has 0 bridgehead atoms. The molecule has 68 valence electrons. The lowest BCUT2D eigenvalue weighted by Gasteiger charge is -2.26. The number of rotatable bonds is 2. The molecule has 0 aromatic carbocycles. The lowest BCUT2D eigenvalue weighted by atomic mass is 9.78. The molecular weight excluding hydrogens is 176 g/mol. The van der Waals surface area contributed by atoms with Gasteiger partial charge in [0.25, 0.3) is 0 Å². The van der Waals surface area contributed by atoms with E-state index in [4.69, 9.17) is 11.6 Å². The van der Waals surface area contributed by atoms with Crippen LogP contribution >= 0.6 is 11.6 Å². The van der Waals surface area contributed by atoms with E-state index in [0.29, 0.717) is 0 Å². The Bertz CT molecular complexity index is 179. The first-order valence-electron chi connectivity index (χ1n) is 4.32. The van der Waals surface area contributed by atoms with E-state index in [1.54, 1.807) is 6.92 Å². The zero-order valence-electron chi connectivity index (χ0n) is 7.18. The summed E-state index contributed by atoms with van der Waals surface area (Å²) in [6.45, 7) is 1.54. The van der Waals surface area contributed by atoms with Crippen LogP contribution in [0, 0.1) is 11.8 Å². The third-order valence-corrected chi connectivity index (χ3v) is 2.86. The third-order valence-electron chi connectivity index (χ3n) is 2.58. The Morgan fingerprint density at radius 2 is 1.67 bits per heavy atom. The van der Waals surface area contributed by atoms with Gasteiger partial charge in [-0.3, -0.25) is 9.59 Å². The number of hydrogen-bond donors (Lipinski definition) is 0. The van der Waals surface area contributed by atoms with Crippen molar-refractivity contribution in [3.63, 3.8) is 0 Å². The van der Waals surface area contributed by atoms with Crippen molar-refractivity contribution >= 4 is 22.6 Å². The van der Waals surface area contributed by atoms with Gasteiger partial charge >= 0.3 is 0 Å². The van der Waals surface area contributed by atoms with Gasteiger partial charge < -0.3 is 0 Å². The fraction of sp³-hybridized carbons (Fsp3) is 0.778. The average molecular weight is 189 g/mol. The smallest absolute Gasteiger partial charge is 0.225 e. The summed E-state index contributed by atoms with van der Waals surface area (Å²) in [6.07, 6.45) is 3.68. The van der Waals surface area contributed by atoms with Gasteiger partial charge in [-0.1, -0.05) is 12.8 Å². The Hall–Kier alpha value is -0.370. The minimum Gasteiger partial charge on any atom is -0.300 e. The first-order chi connectivity index (χ1) is 5.63. The summed E-state index contributed by atoms with van der Waals surface area (Å²) in [5, 5.41) is -0.338. The number of carbonyl (C=O) groups is 2. The van der Waals surface area contributed by atoms with Gasteiger partial charge in [0, 0.05) is 11.8 Å². The third kappa shape index (κ3) is 2.07. The van der Waals surface area contributed by atoms with Crippen molar-refractivity contribution in [3.05, 3.63) is 0 Å². The van der Waals surface area contributed by atoms with E-state index in [2.05, 4.69) is 0 Å². The van der Waals surface area contributed by atoms with E-state index in [9.17, 15) is 9.59 Å². The van der Waals surface area contributed by atoms with Gasteiger partial charge in [0.2, 0.25) is 5.24 Å². The summed E-state index contributed by atoms with van der Waals surface area (Å²) in [5.74, 6) is -0.213. The SMILES string of the molecule is CC(=O)C1CCCCC1C(=O)Cl. The van der Waals surface area contributed by atoms with Gasteiger partial charge in [0.05, 0.1) is 0 Å². The number of Topliss-reactive ketones (excluding diaryl/α,β-unsaturated/α-hetero) is 1. The van der Waals surface area contributed by atoms with Crippen LogP contribution < -0.4 is 0 Å². The molecule has 2 unspecified atom stereocenters. The highest BCUT2D eigenvalue weighted by Gasteiger charge is 2.32. The van der Waals surface area contributed by atoms with E-state index in [0.717, 1.165) is 25.7 Å². The molecule has 0 aromatic rings. The van der Waals surface area contributed by atoms with Crippen LogP contribution in [-0.4, -0.2) is 11.0 Å². The van der Waals surface area contributed by atoms with Crippen LogP contribution in [0.15, 0.2) is 0 Å². The molecule has 1 saturated carbocycles. The summed E-state index contributed by atoms with van der Waals surface area (Å²) in [4.78, 5) is 22.0. The minimum atomic E-state index is -0.338. The summed E-state index contributed by atoms with van der Waals surface area (Å²) in [5.41, 5.74) is 0. The van der Waals surface area contributed by atoms with E-state index in [1.807, 2.05) is 0 Å². The number of hydrogen-bond acceptors (Lipinski definition) is 2. The summed E-state index contributed by atoms with van der Waals surface area (Å²) in [7, 11) is 0. The quantitative estimate of drug-likeness (QED) is 0.623. The monoisotopic (exact) mass is 188 g/mol. The largest absolute Gasteiger partial charge is 0.300 e. The Kier molecular flexibility index (Phi) is 3.27. The Labute approximate surface area is 77.3 Å². The van der Waals surface area contributed by atoms with Crippen LogP contribution in [0.5, 0.6) is 0 Å². The van der Waals surface area contributed by atoms with Crippen molar-refractivity contribution < 1.29 is 9.59 Å². The van der Waals surface area contributed by atoms with E-state index in [1.165, 1.54) is 0 Å². The van der Waals surface area contributed by atoms with Gasteiger partial charge in [-0.05, 0) is 31.4 Å². The van der Waals surface area contributed by atoms with Gasteiger partial charge in [0.15, 0.2) is 0 Å². The molecule has 2 nitrogen and oxygen atoms in total. The second-order valence-electron chi connectivity index (χ2n) is 3.41. The molecule has 0 amide bonds. The van der Waals surface area contributed by atoms with Gasteiger partial charge in [-0.25, -0.2) is 0 Å². The van der Waals surface area contributed by atoms with Crippen molar-refractivity contribution in [2.45, 2.75) is 32.6 Å². The van der Waals surface area contributed by atoms with Crippen molar-refractivity contribution in [3.8, 4) is 0 Å². The van der Waals surface area contributed by atoms with Crippen molar-refractivity contribution in [2.24, 2.45) is 11.8 Å². The fourth-order valence-electron chi connectivity index (χ4n) is 1.89. The number of ketones is 1. The molecule has 3 heteroatoms. The molecular formula is C9H13ClO2. The molecule has 0 N–H and O–H groups in total. The van der Waals surface area contributed by atoms with Gasteiger partial charge in [-0.15, -0.1) is 0 Å². The van der Waals surface area contributed by atoms with Crippen LogP contribution in [0.2, 0.25) is 0 Å². The molecule has 0 spiro atoms. The maximum absolute atomic E-state index is 11.1. The Balaban J connectivity index is 2.67. The van der Waals surface area contributed by atoms with Crippen molar-refractivity contribution in [1.82, 2.24) is 0 Å². The van der Waals surface area contributed by atoms with E-state index in [-0.39, 0.29) is 22.9 Å². The molecule has 0 radical (unpaired) electrons. The summed E-state index contributed by atoms with van der Waals surface area (Å²) < 4.78 is 0. The molecule has 0 aliphatic heterocycles. The standard InChI is InChI=1S/C9H13ClO2/c1-6(11)7-4-2-3-5-8(7)9(10)12/h7-8H,2-5H2,1H3. The van der Waals surface area contributed by atoms with Crippen molar-refractivity contribution in [2.75, 3.05) is 0 Å². The zero-order valence-corrected chi connectivity index (χ0v) is 7.93. The molecule has 2 atom stereocenters. The first kappa shape index (κ1) is 9.72. The molecule has 1 aliphatic rings. The normalized spacial score (nSPS) is 29.8. The second kappa shape index (κ2) is 4.04. The molecule has 12 heavy (non-hydrogen) atoms. The van der Waals surface area contributed by atoms with E-state index >= 15 is 0 Å². The molecule has 1 fully saturated rings. The predicted octanol–water partition coefficient (Wildman–Crippen LogP) is 2.15. The Morgan fingerprint density at radius 3 is 2.00 bits per heavy atom. The molecule has 1 aliphatic carbocycles. The lowest BCUT2D eigenvalue weighted by molar-refractivity contribution is -0.129. The highest BCUT2D eigenvalue weighted by Crippen LogP contribution is 2.32. The highest BCUT2D eigenvalue weighted by molar-refractivity contribution is 6.64. The van der Waals surface area contributed by atoms with Crippen LogP contribution in [0.25, 0.3) is 0 Å². The van der Waals surface area contributed by atoms with Crippen molar-refractivity contribution in [1.29, 1.82) is 0 Å². The van der Waals surface area contributed by atoms with Crippen LogP contribution in [-0.2, 0) is 9.59 Å². The summed E-state index contributed by atoms with van der Waals surface area (Å²) >= 11 is 5.40. The number of carbonyl (C=O) groups excluding carboxylic acids is 2. The molecule has 1 rings (SSSR count). The fourth-order valence-corrected chi connectivity index (χ4v) is 2.15. The van der Waals surface area contributed by atoms with Gasteiger partial charge in [0.1, 0.15) is 5.78 Å². The zero-order chi connectivity index (χ0) is 9.14. The number of halogens is 1. The van der Waals surface area contributed by atoms with Crippen LogP contribution in [0.1, 0.15) is 32.6 Å². The second-order valence-corrected chi connectivity index (χ2v) is 3.78. The Morgan fingerprint density at radius 1 is 1.17 bits per heavy atom. The molecule has 0 heterocycles. The van der Waals surface area contributed by atoms with Crippen LogP contribution in [0.4, 0.5) is 0 Å². The summed E-state index contributed by atoms with van der Waals surface area (Å²) in [6, 6.07) is 0.